The van der Waals surface area contributed by atoms with Crippen LogP contribution in [0.2, 0.25) is 0 Å². The normalized spacial score (nSPS) is 26.8. The van der Waals surface area contributed by atoms with E-state index in [0.29, 0.717) is 12.0 Å². The van der Waals surface area contributed by atoms with E-state index in [4.69, 9.17) is 4.74 Å². The highest BCUT2D eigenvalue weighted by Gasteiger charge is 2.36. The number of amides is 2. The van der Waals surface area contributed by atoms with Gasteiger partial charge in [-0.2, -0.15) is 0 Å². The molecule has 0 aromatic heterocycles. The summed E-state index contributed by atoms with van der Waals surface area (Å²) in [4.78, 5) is 12.1. The fourth-order valence-electron chi connectivity index (χ4n) is 4.24. The third-order valence-electron chi connectivity index (χ3n) is 5.77. The van der Waals surface area contributed by atoms with E-state index in [0.717, 1.165) is 51.2 Å². The Morgan fingerprint density at radius 2 is 1.88 bits per heavy atom. The van der Waals surface area contributed by atoms with E-state index >= 15 is 0 Å². The summed E-state index contributed by atoms with van der Waals surface area (Å²) in [5.41, 5.74) is 2.97. The third-order valence-corrected chi connectivity index (χ3v) is 5.77. The molecule has 1 saturated heterocycles. The number of benzene rings is 1. The molecule has 130 valence electrons. The lowest BCUT2D eigenvalue weighted by Gasteiger charge is -2.30. The maximum Gasteiger partial charge on any atom is 0.315 e. The van der Waals surface area contributed by atoms with Gasteiger partial charge in [-0.25, -0.2) is 4.79 Å². The molecule has 1 aliphatic heterocycles. The zero-order valence-corrected chi connectivity index (χ0v) is 14.3. The van der Waals surface area contributed by atoms with Crippen LogP contribution in [0.5, 0.6) is 0 Å². The van der Waals surface area contributed by atoms with Crippen LogP contribution in [0.3, 0.4) is 0 Å². The van der Waals surface area contributed by atoms with Crippen LogP contribution in [-0.2, 0) is 17.6 Å². The van der Waals surface area contributed by atoms with Gasteiger partial charge in [0, 0.05) is 19.2 Å². The minimum absolute atomic E-state index is 0.00745. The Balaban J connectivity index is 1.15. The Morgan fingerprint density at radius 1 is 1.12 bits per heavy atom. The van der Waals surface area contributed by atoms with Crippen molar-refractivity contribution in [3.05, 3.63) is 35.4 Å². The molecule has 1 saturated carbocycles. The molecule has 2 fully saturated rings. The summed E-state index contributed by atoms with van der Waals surface area (Å²) in [5, 5.41) is 6.20. The molecule has 3 aliphatic rings. The second-order valence-electron chi connectivity index (χ2n) is 7.70. The lowest BCUT2D eigenvalue weighted by Crippen LogP contribution is -2.47. The quantitative estimate of drug-likeness (QED) is 0.873. The number of urea groups is 1. The number of rotatable bonds is 5. The van der Waals surface area contributed by atoms with Crippen molar-refractivity contribution in [3.63, 3.8) is 0 Å². The van der Waals surface area contributed by atoms with Crippen molar-refractivity contribution in [3.8, 4) is 0 Å². The average Bonchev–Trinajstić information content (AvgIpc) is 3.35. The average molecular weight is 328 g/mol. The van der Waals surface area contributed by atoms with Crippen molar-refractivity contribution < 1.29 is 9.53 Å². The summed E-state index contributed by atoms with van der Waals surface area (Å²) in [7, 11) is 0. The summed E-state index contributed by atoms with van der Waals surface area (Å²) in [6.07, 6.45) is 8.26. The SMILES string of the molecule is O=C(NCCC1Cc2ccccc2C1)NC1CCOC(C2CC2)C1. The number of nitrogens with one attached hydrogen (secondary N) is 2. The number of carbonyl (C=O) groups excluding carboxylic acids is 1. The van der Waals surface area contributed by atoms with Gasteiger partial charge in [-0.3, -0.25) is 0 Å². The minimum atomic E-state index is -0.00745. The molecule has 0 bridgehead atoms. The summed E-state index contributed by atoms with van der Waals surface area (Å²) in [6.45, 7) is 1.55. The van der Waals surface area contributed by atoms with E-state index < -0.39 is 0 Å². The van der Waals surface area contributed by atoms with Crippen LogP contribution < -0.4 is 10.6 Å². The predicted octanol–water partition coefficient (Wildman–Crippen LogP) is 3.05. The standard InChI is InChI=1S/C20H28N2O2/c23-20(22-18-8-10-24-19(13-18)15-5-6-15)21-9-7-14-11-16-3-1-2-4-17(16)12-14/h1-4,14-15,18-19H,5-13H2,(H2,21,22,23). The Kier molecular flexibility index (Phi) is 4.74. The molecule has 2 N–H and O–H groups in total. The van der Waals surface area contributed by atoms with Crippen LogP contribution in [0.4, 0.5) is 4.79 Å². The van der Waals surface area contributed by atoms with Crippen LogP contribution in [-0.4, -0.2) is 31.3 Å². The maximum absolute atomic E-state index is 12.1. The molecular weight excluding hydrogens is 300 g/mol. The minimum Gasteiger partial charge on any atom is -0.378 e. The molecule has 1 aromatic rings. The van der Waals surface area contributed by atoms with Gasteiger partial charge in [-0.1, -0.05) is 24.3 Å². The van der Waals surface area contributed by atoms with Gasteiger partial charge < -0.3 is 15.4 Å². The first kappa shape index (κ1) is 15.9. The van der Waals surface area contributed by atoms with E-state index in [1.807, 2.05) is 0 Å². The van der Waals surface area contributed by atoms with E-state index in [9.17, 15) is 4.79 Å². The van der Waals surface area contributed by atoms with Crippen LogP contribution in [0.25, 0.3) is 0 Å². The van der Waals surface area contributed by atoms with Gasteiger partial charge in [0.15, 0.2) is 0 Å². The summed E-state index contributed by atoms with van der Waals surface area (Å²) in [5.74, 6) is 1.42. The molecule has 0 radical (unpaired) electrons. The van der Waals surface area contributed by atoms with Crippen molar-refractivity contribution in [2.75, 3.05) is 13.2 Å². The first-order valence-corrected chi connectivity index (χ1v) is 9.50. The highest BCUT2D eigenvalue weighted by Crippen LogP contribution is 2.38. The highest BCUT2D eigenvalue weighted by molar-refractivity contribution is 5.74. The van der Waals surface area contributed by atoms with Crippen LogP contribution in [0, 0.1) is 11.8 Å². The van der Waals surface area contributed by atoms with Gasteiger partial charge in [-0.15, -0.1) is 0 Å². The Morgan fingerprint density at radius 3 is 2.58 bits per heavy atom. The van der Waals surface area contributed by atoms with E-state index in [1.165, 1.54) is 24.0 Å². The van der Waals surface area contributed by atoms with Crippen molar-refractivity contribution in [2.45, 2.75) is 57.1 Å². The van der Waals surface area contributed by atoms with Crippen molar-refractivity contribution in [1.29, 1.82) is 0 Å². The fourth-order valence-corrected chi connectivity index (χ4v) is 4.24. The molecule has 2 amide bonds. The largest absolute Gasteiger partial charge is 0.378 e. The molecule has 2 aliphatic carbocycles. The van der Waals surface area contributed by atoms with Crippen molar-refractivity contribution in [2.24, 2.45) is 11.8 Å². The topological polar surface area (TPSA) is 50.4 Å². The zero-order chi connectivity index (χ0) is 16.4. The third kappa shape index (κ3) is 3.92. The van der Waals surface area contributed by atoms with E-state index in [-0.39, 0.29) is 12.1 Å². The molecule has 4 heteroatoms. The first-order chi connectivity index (χ1) is 11.8. The lowest BCUT2D eigenvalue weighted by molar-refractivity contribution is -0.00913. The predicted molar refractivity (Wildman–Crippen MR) is 94.0 cm³/mol. The van der Waals surface area contributed by atoms with Crippen LogP contribution in [0.1, 0.15) is 43.2 Å². The van der Waals surface area contributed by atoms with Gasteiger partial charge in [0.25, 0.3) is 0 Å². The van der Waals surface area contributed by atoms with Crippen LogP contribution >= 0.6 is 0 Å². The molecule has 0 spiro atoms. The number of hydrogen-bond donors (Lipinski definition) is 2. The van der Waals surface area contributed by atoms with Gasteiger partial charge in [-0.05, 0) is 67.9 Å². The van der Waals surface area contributed by atoms with Gasteiger partial charge in [0.1, 0.15) is 0 Å². The second-order valence-corrected chi connectivity index (χ2v) is 7.70. The molecule has 1 heterocycles. The van der Waals surface area contributed by atoms with Crippen LogP contribution in [0.15, 0.2) is 24.3 Å². The van der Waals surface area contributed by atoms with Crippen molar-refractivity contribution >= 4 is 6.03 Å². The smallest absolute Gasteiger partial charge is 0.315 e. The van der Waals surface area contributed by atoms with Crippen molar-refractivity contribution in [1.82, 2.24) is 10.6 Å². The molecule has 24 heavy (non-hydrogen) atoms. The monoisotopic (exact) mass is 328 g/mol. The van der Waals surface area contributed by atoms with Gasteiger partial charge >= 0.3 is 6.03 Å². The molecule has 2 unspecified atom stereocenters. The summed E-state index contributed by atoms with van der Waals surface area (Å²) >= 11 is 0. The molecule has 4 rings (SSSR count). The lowest BCUT2D eigenvalue weighted by atomic mass is 10.0. The second kappa shape index (κ2) is 7.14. The summed E-state index contributed by atoms with van der Waals surface area (Å²) < 4.78 is 5.82. The van der Waals surface area contributed by atoms with Gasteiger partial charge in [0.05, 0.1) is 6.10 Å². The van der Waals surface area contributed by atoms with E-state index in [1.54, 1.807) is 0 Å². The zero-order valence-electron chi connectivity index (χ0n) is 14.3. The van der Waals surface area contributed by atoms with E-state index in [2.05, 4.69) is 34.9 Å². The fraction of sp³-hybridized carbons (Fsp3) is 0.650. The summed E-state index contributed by atoms with van der Waals surface area (Å²) in [6, 6.07) is 8.98. The Bertz CT molecular complexity index is 560. The Labute approximate surface area is 144 Å². The molecule has 1 aromatic carbocycles. The molecule has 2 atom stereocenters. The number of ether oxygens (including phenoxy) is 1. The maximum atomic E-state index is 12.1. The highest BCUT2D eigenvalue weighted by atomic mass is 16.5. The molecule has 4 nitrogen and oxygen atoms in total. The number of carbonyl (C=O) groups is 1. The first-order valence-electron chi connectivity index (χ1n) is 9.50. The Hall–Kier alpha value is -1.55. The number of fused-ring (bicyclic) bond motifs is 1. The molecular formula is C20H28N2O2. The van der Waals surface area contributed by atoms with Gasteiger partial charge in [0.2, 0.25) is 0 Å². The number of hydrogen-bond acceptors (Lipinski definition) is 2.